The highest BCUT2D eigenvalue weighted by atomic mass is 35.5. The Bertz CT molecular complexity index is 361. The van der Waals surface area contributed by atoms with E-state index >= 15 is 0 Å². The quantitative estimate of drug-likeness (QED) is 0.446. The van der Waals surface area contributed by atoms with Crippen LogP contribution in [0.15, 0.2) is 24.3 Å². The minimum absolute atomic E-state index is 0.318. The average Bonchev–Trinajstić information content (AvgIpc) is 2.29. The molecule has 0 N–H and O–H groups in total. The topological polar surface area (TPSA) is 18.5 Å². The summed E-state index contributed by atoms with van der Waals surface area (Å²) in [5.74, 6) is 6.10. The van der Waals surface area contributed by atoms with Gasteiger partial charge in [-0.1, -0.05) is 30.0 Å². The van der Waals surface area contributed by atoms with Crippen molar-refractivity contribution in [2.45, 2.75) is 6.29 Å². The van der Waals surface area contributed by atoms with E-state index in [0.29, 0.717) is 5.88 Å². The predicted octanol–water partition coefficient (Wildman–Crippen LogP) is 2.57. The third-order valence-electron chi connectivity index (χ3n) is 1.93. The highest BCUT2D eigenvalue weighted by Gasteiger charge is 2.11. The van der Waals surface area contributed by atoms with Crippen LogP contribution in [0.2, 0.25) is 0 Å². The molecule has 1 rings (SSSR count). The summed E-state index contributed by atoms with van der Waals surface area (Å²) in [5, 5.41) is 0. The van der Waals surface area contributed by atoms with Gasteiger partial charge in [0, 0.05) is 25.3 Å². The van der Waals surface area contributed by atoms with E-state index in [-0.39, 0.29) is 6.29 Å². The van der Waals surface area contributed by atoms with Crippen LogP contribution in [0.25, 0.3) is 0 Å². The molecule has 0 aliphatic rings. The fourth-order valence-corrected chi connectivity index (χ4v) is 1.36. The second-order valence-corrected chi connectivity index (χ2v) is 3.09. The first-order valence-corrected chi connectivity index (χ1v) is 5.06. The van der Waals surface area contributed by atoms with Crippen LogP contribution in [-0.4, -0.2) is 20.1 Å². The van der Waals surface area contributed by atoms with Crippen LogP contribution in [0, 0.1) is 11.8 Å². The van der Waals surface area contributed by atoms with Crippen molar-refractivity contribution >= 4 is 11.6 Å². The molecule has 0 atom stereocenters. The van der Waals surface area contributed by atoms with E-state index < -0.39 is 0 Å². The molecule has 0 fully saturated rings. The van der Waals surface area contributed by atoms with Gasteiger partial charge in [0.1, 0.15) is 0 Å². The summed E-state index contributed by atoms with van der Waals surface area (Å²) in [6.07, 6.45) is -0.383. The molecule has 0 heterocycles. The molecule has 1 aromatic rings. The monoisotopic (exact) mass is 224 g/mol. The predicted molar refractivity (Wildman–Crippen MR) is 60.8 cm³/mol. The highest BCUT2D eigenvalue weighted by Crippen LogP contribution is 2.20. The molecule has 0 unspecified atom stereocenters. The van der Waals surface area contributed by atoms with E-state index in [9.17, 15) is 0 Å². The van der Waals surface area contributed by atoms with Gasteiger partial charge in [0.25, 0.3) is 0 Å². The summed E-state index contributed by atoms with van der Waals surface area (Å²) >= 11 is 5.51. The smallest absolute Gasteiger partial charge is 0.184 e. The van der Waals surface area contributed by atoms with Crippen LogP contribution in [0.5, 0.6) is 0 Å². The first-order valence-electron chi connectivity index (χ1n) is 4.52. The summed E-state index contributed by atoms with van der Waals surface area (Å²) in [6.45, 7) is 0. The van der Waals surface area contributed by atoms with E-state index in [1.165, 1.54) is 0 Å². The van der Waals surface area contributed by atoms with Gasteiger partial charge in [0.15, 0.2) is 6.29 Å². The van der Waals surface area contributed by atoms with Gasteiger partial charge in [-0.05, 0) is 6.07 Å². The van der Waals surface area contributed by atoms with E-state index in [2.05, 4.69) is 11.8 Å². The molecule has 2 nitrogen and oxygen atoms in total. The van der Waals surface area contributed by atoms with Crippen LogP contribution >= 0.6 is 11.6 Å². The first kappa shape index (κ1) is 12.1. The van der Waals surface area contributed by atoms with Crippen LogP contribution in [-0.2, 0) is 9.47 Å². The standard InChI is InChI=1S/C12H13ClO2/c1-14-12(15-2)11-8-4-3-6-10(11)7-5-9-13/h3-4,6,8,12H,9H2,1-2H3. The third kappa shape index (κ3) is 3.24. The maximum Gasteiger partial charge on any atom is 0.184 e. The summed E-state index contributed by atoms with van der Waals surface area (Å²) in [5.41, 5.74) is 1.80. The average molecular weight is 225 g/mol. The van der Waals surface area contributed by atoms with Crippen molar-refractivity contribution in [1.82, 2.24) is 0 Å². The first-order chi connectivity index (χ1) is 7.33. The van der Waals surface area contributed by atoms with Crippen LogP contribution in [0.4, 0.5) is 0 Å². The van der Waals surface area contributed by atoms with Gasteiger partial charge >= 0.3 is 0 Å². The van der Waals surface area contributed by atoms with E-state index in [1.807, 2.05) is 24.3 Å². The molecule has 3 heteroatoms. The molecule has 0 bridgehead atoms. The second kappa shape index (κ2) is 6.47. The minimum Gasteiger partial charge on any atom is -0.352 e. The number of methoxy groups -OCH3 is 2. The number of alkyl halides is 1. The number of halogens is 1. The summed E-state index contributed by atoms with van der Waals surface area (Å²) in [6, 6.07) is 7.69. The molecule has 0 saturated carbocycles. The van der Waals surface area contributed by atoms with Crippen molar-refractivity contribution in [3.8, 4) is 11.8 Å². The van der Waals surface area contributed by atoms with Gasteiger partial charge in [0.2, 0.25) is 0 Å². The Labute approximate surface area is 95.2 Å². The molecule has 80 valence electrons. The van der Waals surface area contributed by atoms with E-state index in [0.717, 1.165) is 11.1 Å². The lowest BCUT2D eigenvalue weighted by Crippen LogP contribution is -2.05. The fraction of sp³-hybridized carbons (Fsp3) is 0.333. The van der Waals surface area contributed by atoms with E-state index in [4.69, 9.17) is 21.1 Å². The molecule has 0 saturated heterocycles. The molecule has 0 radical (unpaired) electrons. The van der Waals surface area contributed by atoms with Crippen LogP contribution in [0.1, 0.15) is 17.4 Å². The lowest BCUT2D eigenvalue weighted by Gasteiger charge is -2.14. The molecular formula is C12H13ClO2. The van der Waals surface area contributed by atoms with Gasteiger partial charge in [-0.2, -0.15) is 0 Å². The molecule has 0 aromatic heterocycles. The summed E-state index contributed by atoms with van der Waals surface area (Å²) < 4.78 is 10.4. The zero-order valence-corrected chi connectivity index (χ0v) is 9.54. The van der Waals surface area contributed by atoms with Crippen molar-refractivity contribution in [3.05, 3.63) is 35.4 Å². The molecule has 0 amide bonds. The fourth-order valence-electron chi connectivity index (χ4n) is 1.30. The Morgan fingerprint density at radius 1 is 1.27 bits per heavy atom. The van der Waals surface area contributed by atoms with Gasteiger partial charge < -0.3 is 9.47 Å². The van der Waals surface area contributed by atoms with Crippen LogP contribution < -0.4 is 0 Å². The summed E-state index contributed by atoms with van der Waals surface area (Å²) in [4.78, 5) is 0. The normalized spacial score (nSPS) is 9.87. The van der Waals surface area contributed by atoms with Gasteiger partial charge in [-0.25, -0.2) is 0 Å². The minimum atomic E-state index is -0.383. The van der Waals surface area contributed by atoms with Gasteiger partial charge in [-0.15, -0.1) is 11.6 Å². The number of hydrogen-bond acceptors (Lipinski definition) is 2. The Morgan fingerprint density at radius 2 is 1.93 bits per heavy atom. The zero-order chi connectivity index (χ0) is 11.1. The van der Waals surface area contributed by atoms with Crippen molar-refractivity contribution in [1.29, 1.82) is 0 Å². The molecular weight excluding hydrogens is 212 g/mol. The van der Waals surface area contributed by atoms with Crippen molar-refractivity contribution in [2.75, 3.05) is 20.1 Å². The van der Waals surface area contributed by atoms with E-state index in [1.54, 1.807) is 14.2 Å². The lowest BCUT2D eigenvalue weighted by molar-refractivity contribution is -0.106. The molecule has 0 spiro atoms. The van der Waals surface area contributed by atoms with Crippen LogP contribution in [0.3, 0.4) is 0 Å². The molecule has 15 heavy (non-hydrogen) atoms. The Hall–Kier alpha value is -1.01. The summed E-state index contributed by atoms with van der Waals surface area (Å²) in [7, 11) is 3.19. The number of hydrogen-bond donors (Lipinski definition) is 0. The van der Waals surface area contributed by atoms with Crippen molar-refractivity contribution in [2.24, 2.45) is 0 Å². The third-order valence-corrected chi connectivity index (χ3v) is 2.07. The molecule has 0 aliphatic heterocycles. The Balaban J connectivity index is 3.05. The Kier molecular flexibility index (Phi) is 5.20. The van der Waals surface area contributed by atoms with Crippen molar-refractivity contribution in [3.63, 3.8) is 0 Å². The number of benzene rings is 1. The molecule has 0 aliphatic carbocycles. The maximum absolute atomic E-state index is 5.51. The maximum atomic E-state index is 5.51. The Morgan fingerprint density at radius 3 is 2.53 bits per heavy atom. The zero-order valence-electron chi connectivity index (χ0n) is 8.79. The van der Waals surface area contributed by atoms with Crippen molar-refractivity contribution < 1.29 is 9.47 Å². The largest absolute Gasteiger partial charge is 0.352 e. The SMILES string of the molecule is COC(OC)c1ccccc1C#CCCl. The highest BCUT2D eigenvalue weighted by molar-refractivity contribution is 6.19. The number of rotatable bonds is 3. The number of ether oxygens (including phenoxy) is 2. The van der Waals surface area contributed by atoms with Gasteiger partial charge in [0.05, 0.1) is 5.88 Å². The van der Waals surface area contributed by atoms with Gasteiger partial charge in [-0.3, -0.25) is 0 Å². The molecule has 1 aromatic carbocycles. The second-order valence-electron chi connectivity index (χ2n) is 2.83. The lowest BCUT2D eigenvalue weighted by atomic mass is 10.1.